The van der Waals surface area contributed by atoms with Gasteiger partial charge in [0.15, 0.2) is 0 Å². The molecule has 1 aromatic carbocycles. The zero-order valence-electron chi connectivity index (χ0n) is 12.9. The molecule has 116 valence electrons. The summed E-state index contributed by atoms with van der Waals surface area (Å²) in [6.07, 6.45) is 0. The van der Waals surface area contributed by atoms with E-state index in [1.165, 1.54) is 4.58 Å². The smallest absolute Gasteiger partial charge is 0.345 e. The van der Waals surface area contributed by atoms with E-state index in [9.17, 15) is 4.79 Å². The minimum absolute atomic E-state index is 0.0404. The summed E-state index contributed by atoms with van der Waals surface area (Å²) in [6.45, 7) is 1.84. The number of rotatable bonds is 2. The number of hydrogen-bond acceptors (Lipinski definition) is 1. The fourth-order valence-corrected chi connectivity index (χ4v) is 2.29. The van der Waals surface area contributed by atoms with Gasteiger partial charge < -0.3 is 11.5 Å². The number of aromatic nitrogens is 2. The summed E-state index contributed by atoms with van der Waals surface area (Å²) in [6, 6.07) is 9.37. The Morgan fingerprint density at radius 3 is 2.32 bits per heavy atom. The van der Waals surface area contributed by atoms with Gasteiger partial charge in [-0.1, -0.05) is 18.2 Å². The Bertz CT molecular complexity index is 808. The number of benzene rings is 1. The van der Waals surface area contributed by atoms with E-state index in [0.717, 1.165) is 11.4 Å². The van der Waals surface area contributed by atoms with Gasteiger partial charge in [0.2, 0.25) is 5.69 Å². The minimum atomic E-state index is -0.186. The predicted octanol–water partition coefficient (Wildman–Crippen LogP) is -2.57. The molecule has 0 spiro atoms. The number of para-hydroxylation sites is 1. The molecule has 0 unspecified atom stereocenters. The van der Waals surface area contributed by atoms with Gasteiger partial charge in [-0.15, -0.1) is 9.57 Å². The van der Waals surface area contributed by atoms with Crippen LogP contribution in [-0.2, 0) is 7.05 Å². The Kier molecular flexibility index (Phi) is 4.02. The van der Waals surface area contributed by atoms with Crippen molar-refractivity contribution in [3.63, 3.8) is 0 Å². The van der Waals surface area contributed by atoms with E-state index >= 15 is 0 Å². The third-order valence-electron chi connectivity index (χ3n) is 3.49. The Morgan fingerprint density at radius 1 is 1.18 bits per heavy atom. The molecule has 8 heteroatoms. The van der Waals surface area contributed by atoms with Crippen molar-refractivity contribution < 1.29 is 9.57 Å². The first-order valence-corrected chi connectivity index (χ1v) is 6.69. The lowest BCUT2D eigenvalue weighted by atomic mass is 10.3. The summed E-state index contributed by atoms with van der Waals surface area (Å²) in [5, 5.41) is 0. The molecule has 0 aliphatic rings. The molecule has 0 saturated heterocycles. The number of nitrogens with zero attached hydrogens (tertiary/aromatic N) is 3. The standard InChI is InChI=1S/C14H19N7O/c1-9-11(19(2)14(17)18-13(15)16)12(22)21(20(9)3)10-7-5-4-6-8-10/h4-8H,1-3H3,(H5,15,16,17,18)/p+2. The third kappa shape index (κ3) is 2.58. The van der Waals surface area contributed by atoms with E-state index in [0.29, 0.717) is 5.69 Å². The van der Waals surface area contributed by atoms with Crippen molar-refractivity contribution in [3.8, 4) is 5.69 Å². The van der Waals surface area contributed by atoms with Gasteiger partial charge in [-0.05, 0) is 19.1 Å². The van der Waals surface area contributed by atoms with Crippen LogP contribution in [0.1, 0.15) is 5.69 Å². The average Bonchev–Trinajstić information content (AvgIpc) is 2.69. The fraction of sp³-hybridized carbons (Fsp3) is 0.214. The minimum Gasteiger partial charge on any atom is -0.345 e. The van der Waals surface area contributed by atoms with E-state index < -0.39 is 0 Å². The van der Waals surface area contributed by atoms with Crippen LogP contribution in [0.2, 0.25) is 0 Å². The third-order valence-corrected chi connectivity index (χ3v) is 3.49. The molecule has 2 rings (SSSR count). The maximum atomic E-state index is 12.8. The van der Waals surface area contributed by atoms with Crippen LogP contribution in [-0.4, -0.2) is 32.9 Å². The zero-order valence-corrected chi connectivity index (χ0v) is 12.9. The van der Waals surface area contributed by atoms with Crippen molar-refractivity contribution in [1.82, 2.24) is 9.36 Å². The number of guanidine groups is 2. The summed E-state index contributed by atoms with van der Waals surface area (Å²) in [7, 11) is 3.48. The van der Waals surface area contributed by atoms with Gasteiger partial charge in [0, 0.05) is 7.05 Å². The first kappa shape index (κ1) is 15.4. The van der Waals surface area contributed by atoms with Crippen LogP contribution in [0.5, 0.6) is 0 Å². The van der Waals surface area contributed by atoms with Crippen molar-refractivity contribution in [3.05, 3.63) is 46.4 Å². The van der Waals surface area contributed by atoms with E-state index in [2.05, 4.69) is 4.99 Å². The number of hydrogen-bond donors (Lipinski definition) is 4. The first-order chi connectivity index (χ1) is 10.3. The highest BCUT2D eigenvalue weighted by molar-refractivity contribution is 5.76. The summed E-state index contributed by atoms with van der Waals surface area (Å²) in [5.41, 5.74) is 18.4. The summed E-state index contributed by atoms with van der Waals surface area (Å²) >= 11 is 0. The maximum Gasteiger partial charge on any atom is 0.524 e. The van der Waals surface area contributed by atoms with Crippen LogP contribution in [0.3, 0.4) is 0 Å². The van der Waals surface area contributed by atoms with Crippen LogP contribution in [0.4, 0.5) is 5.69 Å². The number of nitrogens with two attached hydrogens (primary N) is 3. The van der Waals surface area contributed by atoms with Crippen molar-refractivity contribution in [2.45, 2.75) is 6.92 Å². The normalized spacial score (nSPS) is 12.0. The summed E-state index contributed by atoms with van der Waals surface area (Å²) < 4.78 is 4.87. The molecule has 0 fully saturated rings. The van der Waals surface area contributed by atoms with Gasteiger partial charge in [-0.3, -0.25) is 9.48 Å². The van der Waals surface area contributed by atoms with Gasteiger partial charge in [-0.25, -0.2) is 10.4 Å². The Hall–Kier alpha value is -3.03. The molecule has 0 radical (unpaired) electrons. The Labute approximate surface area is 127 Å². The topological polar surface area (TPSA) is 122 Å². The van der Waals surface area contributed by atoms with Gasteiger partial charge in [0.25, 0.3) is 5.96 Å². The van der Waals surface area contributed by atoms with E-state index in [1.54, 1.807) is 16.4 Å². The molecular formula is C14H21N7O+2. The molecule has 22 heavy (non-hydrogen) atoms. The highest BCUT2D eigenvalue weighted by atomic mass is 16.1. The molecule has 0 amide bonds. The average molecular weight is 303 g/mol. The molecule has 0 aliphatic carbocycles. The van der Waals surface area contributed by atoms with Crippen LogP contribution in [0, 0.1) is 6.92 Å². The van der Waals surface area contributed by atoms with Crippen LogP contribution < -0.4 is 27.8 Å². The van der Waals surface area contributed by atoms with Gasteiger partial charge >= 0.3 is 11.5 Å². The van der Waals surface area contributed by atoms with Crippen LogP contribution in [0.15, 0.2) is 35.1 Å². The summed E-state index contributed by atoms with van der Waals surface area (Å²) in [4.78, 5) is 15.4. The van der Waals surface area contributed by atoms with Crippen molar-refractivity contribution in [2.75, 3.05) is 7.05 Å². The van der Waals surface area contributed by atoms with Crippen molar-refractivity contribution >= 4 is 17.6 Å². The predicted molar refractivity (Wildman–Crippen MR) is 85.1 cm³/mol. The molecule has 8 nitrogen and oxygen atoms in total. The Balaban J connectivity index is 2.72. The lowest BCUT2D eigenvalue weighted by Gasteiger charge is -2.06. The fourth-order valence-electron chi connectivity index (χ4n) is 2.29. The molecule has 2 aromatic rings. The highest BCUT2D eigenvalue weighted by Crippen LogP contribution is 2.15. The molecule has 0 saturated carbocycles. The molecule has 1 heterocycles. The molecule has 0 aliphatic heterocycles. The molecule has 1 aromatic heterocycles. The second kappa shape index (κ2) is 5.76. The zero-order chi connectivity index (χ0) is 16.4. The van der Waals surface area contributed by atoms with Gasteiger partial charge in [-0.2, -0.15) is 0 Å². The second-order valence-corrected chi connectivity index (χ2v) is 4.93. The molecule has 7 N–H and O–H groups in total. The van der Waals surface area contributed by atoms with E-state index in [-0.39, 0.29) is 17.5 Å². The lowest BCUT2D eigenvalue weighted by molar-refractivity contribution is -0.486. The molecular weight excluding hydrogens is 282 g/mol. The SMILES string of the molecule is Cc1c([N+](C)=C(N)[NH+]=C(N)N)c(=O)n(-c2ccccc2)n1C. The summed E-state index contributed by atoms with van der Waals surface area (Å²) in [5.74, 6) is 0.132. The highest BCUT2D eigenvalue weighted by Gasteiger charge is 2.25. The van der Waals surface area contributed by atoms with Crippen molar-refractivity contribution in [2.24, 2.45) is 24.2 Å². The van der Waals surface area contributed by atoms with Gasteiger partial charge in [0.05, 0.1) is 11.4 Å². The van der Waals surface area contributed by atoms with Crippen LogP contribution in [0.25, 0.3) is 5.69 Å². The lowest BCUT2D eigenvalue weighted by Crippen LogP contribution is -2.86. The second-order valence-electron chi connectivity index (χ2n) is 4.93. The maximum absolute atomic E-state index is 12.8. The Morgan fingerprint density at radius 2 is 1.77 bits per heavy atom. The molecule has 0 bridgehead atoms. The first-order valence-electron chi connectivity index (χ1n) is 6.69. The van der Waals surface area contributed by atoms with Gasteiger partial charge in [0.1, 0.15) is 7.05 Å². The quantitative estimate of drug-likeness (QED) is 0.277. The van der Waals surface area contributed by atoms with Crippen molar-refractivity contribution in [1.29, 1.82) is 0 Å². The van der Waals surface area contributed by atoms with E-state index in [1.807, 2.05) is 44.3 Å². The monoisotopic (exact) mass is 303 g/mol. The van der Waals surface area contributed by atoms with E-state index in [4.69, 9.17) is 17.2 Å². The van der Waals surface area contributed by atoms with Crippen LogP contribution >= 0.6 is 0 Å². The number of nitrogens with one attached hydrogen (secondary N) is 1. The molecule has 0 atom stereocenters. The largest absolute Gasteiger partial charge is 0.524 e.